The molecule has 0 saturated heterocycles. The number of fused-ring (bicyclic) bond motifs is 1. The number of carbonyl (C=O) groups excluding carboxylic acids is 1. The number of para-hydroxylation sites is 1. The fourth-order valence-corrected chi connectivity index (χ4v) is 3.45. The van der Waals surface area contributed by atoms with E-state index >= 15 is 0 Å². The van der Waals surface area contributed by atoms with Gasteiger partial charge in [0.1, 0.15) is 0 Å². The Bertz CT molecular complexity index is 941. The number of amides is 1. The quantitative estimate of drug-likeness (QED) is 0.781. The van der Waals surface area contributed by atoms with Crippen molar-refractivity contribution in [2.45, 2.75) is 33.1 Å². The Kier molecular flexibility index (Phi) is 3.88. The van der Waals surface area contributed by atoms with Gasteiger partial charge in [0.25, 0.3) is 5.91 Å². The summed E-state index contributed by atoms with van der Waals surface area (Å²) >= 11 is 0. The molecule has 25 heavy (non-hydrogen) atoms. The summed E-state index contributed by atoms with van der Waals surface area (Å²) in [5.74, 6) is -0.124. The molecule has 0 spiro atoms. The largest absolute Gasteiger partial charge is 0.320 e. The van der Waals surface area contributed by atoms with Crippen LogP contribution < -0.4 is 5.32 Å². The first-order valence-corrected chi connectivity index (χ1v) is 8.68. The fourth-order valence-electron chi connectivity index (χ4n) is 3.45. The van der Waals surface area contributed by atoms with Crippen LogP contribution in [0.25, 0.3) is 5.69 Å². The lowest BCUT2D eigenvalue weighted by Crippen LogP contribution is -2.15. The maximum absolute atomic E-state index is 12.9. The van der Waals surface area contributed by atoms with Crippen molar-refractivity contribution in [1.29, 1.82) is 0 Å². The minimum Gasteiger partial charge on any atom is -0.320 e. The molecule has 1 aromatic heterocycles. The minimum absolute atomic E-state index is 0.124. The number of aryl methyl sites for hydroxylation is 2. The molecule has 1 aliphatic carbocycles. The summed E-state index contributed by atoms with van der Waals surface area (Å²) < 4.78 is 1.93. The molecule has 0 atom stereocenters. The van der Waals surface area contributed by atoms with Crippen LogP contribution in [0.2, 0.25) is 0 Å². The van der Waals surface area contributed by atoms with Crippen molar-refractivity contribution in [3.63, 3.8) is 0 Å². The topological polar surface area (TPSA) is 46.9 Å². The van der Waals surface area contributed by atoms with E-state index in [1.165, 1.54) is 0 Å². The molecule has 4 rings (SSSR count). The zero-order valence-electron chi connectivity index (χ0n) is 14.5. The van der Waals surface area contributed by atoms with Crippen LogP contribution in [0.3, 0.4) is 0 Å². The second-order valence-corrected chi connectivity index (χ2v) is 6.65. The molecule has 0 bridgehead atoms. The van der Waals surface area contributed by atoms with Crippen LogP contribution in [0.1, 0.15) is 39.3 Å². The van der Waals surface area contributed by atoms with E-state index in [1.54, 1.807) is 0 Å². The van der Waals surface area contributed by atoms with Crippen LogP contribution >= 0.6 is 0 Å². The van der Waals surface area contributed by atoms with Gasteiger partial charge in [0.05, 0.1) is 5.69 Å². The molecule has 0 unspecified atom stereocenters. The Hall–Kier alpha value is -2.88. The van der Waals surface area contributed by atoms with Gasteiger partial charge in [-0.1, -0.05) is 30.3 Å². The molecule has 0 fully saturated rings. The highest BCUT2D eigenvalue weighted by Gasteiger charge is 2.27. The van der Waals surface area contributed by atoms with Crippen molar-refractivity contribution in [2.24, 2.45) is 0 Å². The van der Waals surface area contributed by atoms with E-state index in [-0.39, 0.29) is 5.91 Å². The maximum Gasteiger partial charge on any atom is 0.276 e. The minimum atomic E-state index is -0.124. The van der Waals surface area contributed by atoms with Gasteiger partial charge in [-0.25, -0.2) is 4.68 Å². The molecule has 0 aliphatic heterocycles. The van der Waals surface area contributed by atoms with Crippen molar-refractivity contribution in [3.05, 3.63) is 76.6 Å². The molecular formula is C21H21N3O. The lowest BCUT2D eigenvalue weighted by molar-refractivity contribution is 0.102. The van der Waals surface area contributed by atoms with Crippen molar-refractivity contribution in [3.8, 4) is 5.69 Å². The number of anilines is 1. The predicted molar refractivity (Wildman–Crippen MR) is 99.5 cm³/mol. The molecule has 1 N–H and O–H groups in total. The van der Waals surface area contributed by atoms with Gasteiger partial charge < -0.3 is 5.32 Å². The van der Waals surface area contributed by atoms with E-state index in [4.69, 9.17) is 0 Å². The summed E-state index contributed by atoms with van der Waals surface area (Å²) in [4.78, 5) is 12.9. The summed E-state index contributed by atoms with van der Waals surface area (Å²) in [6.07, 6.45) is 2.95. The van der Waals surface area contributed by atoms with Gasteiger partial charge in [0, 0.05) is 16.9 Å². The van der Waals surface area contributed by atoms with Gasteiger partial charge >= 0.3 is 0 Å². The molecule has 1 amide bonds. The Morgan fingerprint density at radius 3 is 2.68 bits per heavy atom. The number of hydrogen-bond donors (Lipinski definition) is 1. The summed E-state index contributed by atoms with van der Waals surface area (Å²) in [7, 11) is 0. The van der Waals surface area contributed by atoms with Gasteiger partial charge in [0.2, 0.25) is 0 Å². The SMILES string of the molecule is Cc1ccc(C)c(NC(=O)c2nn(-c3ccccc3)c3c2CCC3)c1. The van der Waals surface area contributed by atoms with Gasteiger partial charge in [0.15, 0.2) is 5.69 Å². The third kappa shape index (κ3) is 2.84. The van der Waals surface area contributed by atoms with Gasteiger partial charge in [-0.15, -0.1) is 0 Å². The summed E-state index contributed by atoms with van der Waals surface area (Å²) in [6, 6.07) is 16.1. The van der Waals surface area contributed by atoms with Crippen LogP contribution in [0.15, 0.2) is 48.5 Å². The molecule has 4 nitrogen and oxygen atoms in total. The third-order valence-electron chi connectivity index (χ3n) is 4.79. The van der Waals surface area contributed by atoms with E-state index in [1.807, 2.05) is 67.1 Å². The smallest absolute Gasteiger partial charge is 0.276 e. The number of nitrogens with one attached hydrogen (secondary N) is 1. The second kappa shape index (κ2) is 6.20. The molecule has 1 heterocycles. The summed E-state index contributed by atoms with van der Waals surface area (Å²) in [6.45, 7) is 4.03. The molecular weight excluding hydrogens is 310 g/mol. The molecule has 0 saturated carbocycles. The van der Waals surface area contributed by atoms with Crippen molar-refractivity contribution < 1.29 is 4.79 Å². The van der Waals surface area contributed by atoms with Gasteiger partial charge in [-0.05, 0) is 62.4 Å². The Morgan fingerprint density at radius 2 is 1.88 bits per heavy atom. The maximum atomic E-state index is 12.9. The van der Waals surface area contributed by atoms with Crippen LogP contribution in [0.4, 0.5) is 5.69 Å². The average molecular weight is 331 g/mol. The molecule has 2 aromatic carbocycles. The highest BCUT2D eigenvalue weighted by Crippen LogP contribution is 2.28. The highest BCUT2D eigenvalue weighted by molar-refractivity contribution is 6.04. The van der Waals surface area contributed by atoms with Crippen LogP contribution in [0, 0.1) is 13.8 Å². The monoisotopic (exact) mass is 331 g/mol. The highest BCUT2D eigenvalue weighted by atomic mass is 16.2. The van der Waals surface area contributed by atoms with E-state index in [0.717, 1.165) is 53.0 Å². The van der Waals surface area contributed by atoms with E-state index in [2.05, 4.69) is 10.4 Å². The Labute approximate surface area is 147 Å². The first kappa shape index (κ1) is 15.6. The fraction of sp³-hybridized carbons (Fsp3) is 0.238. The van der Waals surface area contributed by atoms with Crippen molar-refractivity contribution in [1.82, 2.24) is 9.78 Å². The average Bonchev–Trinajstić information content (AvgIpc) is 3.21. The number of rotatable bonds is 3. The summed E-state index contributed by atoms with van der Waals surface area (Å²) in [5.41, 5.74) is 6.85. The lowest BCUT2D eigenvalue weighted by atomic mass is 10.1. The standard InChI is InChI=1S/C21H21N3O/c1-14-11-12-15(2)18(13-14)22-21(25)20-17-9-6-10-19(17)24(23-20)16-7-4-3-5-8-16/h3-5,7-8,11-13H,6,9-10H2,1-2H3,(H,22,25). The molecule has 3 aromatic rings. The normalized spacial score (nSPS) is 12.9. The van der Waals surface area contributed by atoms with E-state index in [9.17, 15) is 4.79 Å². The van der Waals surface area contributed by atoms with Crippen LogP contribution in [-0.4, -0.2) is 15.7 Å². The molecule has 0 radical (unpaired) electrons. The number of carbonyl (C=O) groups is 1. The van der Waals surface area contributed by atoms with E-state index in [0.29, 0.717) is 5.69 Å². The van der Waals surface area contributed by atoms with Crippen molar-refractivity contribution in [2.75, 3.05) is 5.32 Å². The molecule has 126 valence electrons. The van der Waals surface area contributed by atoms with Crippen LogP contribution in [0.5, 0.6) is 0 Å². The Balaban J connectivity index is 1.71. The van der Waals surface area contributed by atoms with Gasteiger partial charge in [-0.2, -0.15) is 5.10 Å². The zero-order chi connectivity index (χ0) is 17.4. The number of hydrogen-bond acceptors (Lipinski definition) is 2. The number of aromatic nitrogens is 2. The zero-order valence-corrected chi connectivity index (χ0v) is 14.5. The number of nitrogens with zero attached hydrogens (tertiary/aromatic N) is 2. The molecule has 4 heteroatoms. The van der Waals surface area contributed by atoms with E-state index < -0.39 is 0 Å². The van der Waals surface area contributed by atoms with Crippen LogP contribution in [-0.2, 0) is 12.8 Å². The van der Waals surface area contributed by atoms with Crippen molar-refractivity contribution >= 4 is 11.6 Å². The first-order chi connectivity index (χ1) is 12.1. The lowest BCUT2D eigenvalue weighted by Gasteiger charge is -2.09. The molecule has 1 aliphatic rings. The van der Waals surface area contributed by atoms with Gasteiger partial charge in [-0.3, -0.25) is 4.79 Å². The Morgan fingerprint density at radius 1 is 1.08 bits per heavy atom. The second-order valence-electron chi connectivity index (χ2n) is 6.65. The predicted octanol–water partition coefficient (Wildman–Crippen LogP) is 4.23. The summed E-state index contributed by atoms with van der Waals surface area (Å²) in [5, 5.41) is 7.70. The third-order valence-corrected chi connectivity index (χ3v) is 4.79. The first-order valence-electron chi connectivity index (χ1n) is 8.68. The number of benzene rings is 2.